The average Bonchev–Trinajstić information content (AvgIpc) is 2.73. The summed E-state index contributed by atoms with van der Waals surface area (Å²) in [7, 11) is 0. The molecule has 0 bridgehead atoms. The molecule has 0 fully saturated rings. The van der Waals surface area contributed by atoms with Crippen LogP contribution >= 0.6 is 15.9 Å². The molecule has 0 aliphatic carbocycles. The maximum atomic E-state index is 13.2. The van der Waals surface area contributed by atoms with Gasteiger partial charge in [-0.25, -0.2) is 13.8 Å². The number of fused-ring (bicyclic) bond motifs is 1. The van der Waals surface area contributed by atoms with Crippen molar-refractivity contribution < 1.29 is 8.78 Å². The Morgan fingerprint density at radius 3 is 2.50 bits per heavy atom. The summed E-state index contributed by atoms with van der Waals surface area (Å²) < 4.78 is 29.0. The number of aromatic nitrogens is 2. The van der Waals surface area contributed by atoms with Crippen molar-refractivity contribution >= 4 is 21.6 Å². The van der Waals surface area contributed by atoms with Crippen molar-refractivity contribution in [1.29, 1.82) is 0 Å². The third kappa shape index (κ3) is 1.90. The molecule has 0 saturated heterocycles. The number of halogens is 3. The summed E-state index contributed by atoms with van der Waals surface area (Å²) in [5.41, 5.74) is 1.65. The quantitative estimate of drug-likeness (QED) is 0.663. The summed E-state index contributed by atoms with van der Waals surface area (Å²) in [5, 5.41) is 0. The summed E-state index contributed by atoms with van der Waals surface area (Å²) in [6.07, 6.45) is 3.56. The first-order chi connectivity index (χ1) is 8.63. The minimum Gasteiger partial charge on any atom is -0.306 e. The molecule has 0 unspecified atom stereocenters. The van der Waals surface area contributed by atoms with Crippen molar-refractivity contribution in [3.8, 4) is 11.3 Å². The normalized spacial score (nSPS) is 11.1. The predicted octanol–water partition coefficient (Wildman–Crippen LogP) is 4.04. The van der Waals surface area contributed by atoms with Crippen LogP contribution in [0, 0.1) is 11.6 Å². The van der Waals surface area contributed by atoms with Gasteiger partial charge in [-0.05, 0) is 40.2 Å². The van der Waals surface area contributed by atoms with Gasteiger partial charge in [0, 0.05) is 24.0 Å². The number of benzene rings is 1. The van der Waals surface area contributed by atoms with Crippen molar-refractivity contribution in [2.24, 2.45) is 0 Å². The van der Waals surface area contributed by atoms with E-state index >= 15 is 0 Å². The predicted molar refractivity (Wildman–Crippen MR) is 68.2 cm³/mol. The van der Waals surface area contributed by atoms with E-state index in [0.29, 0.717) is 16.9 Å². The topological polar surface area (TPSA) is 17.3 Å². The van der Waals surface area contributed by atoms with Gasteiger partial charge in [-0.15, -0.1) is 0 Å². The molecule has 2 aromatic heterocycles. The number of nitrogens with zero attached hydrogens (tertiary/aromatic N) is 2. The molecule has 0 aliphatic rings. The first-order valence-corrected chi connectivity index (χ1v) is 6.02. The molecule has 2 heterocycles. The van der Waals surface area contributed by atoms with Gasteiger partial charge in [0.15, 0.2) is 5.65 Å². The molecule has 90 valence electrons. The molecule has 3 rings (SSSR count). The van der Waals surface area contributed by atoms with Gasteiger partial charge >= 0.3 is 0 Å². The summed E-state index contributed by atoms with van der Waals surface area (Å²) in [5.74, 6) is -1.22. The molecule has 0 aliphatic heterocycles. The minimum absolute atomic E-state index is 0.420. The van der Waals surface area contributed by atoms with Gasteiger partial charge in [0.05, 0.1) is 10.2 Å². The van der Waals surface area contributed by atoms with Crippen molar-refractivity contribution in [1.82, 2.24) is 9.38 Å². The summed E-state index contributed by atoms with van der Waals surface area (Å²) >= 11 is 3.38. The van der Waals surface area contributed by atoms with Crippen molar-refractivity contribution in [2.45, 2.75) is 0 Å². The molecule has 0 saturated carbocycles. The van der Waals surface area contributed by atoms with Crippen LogP contribution in [-0.4, -0.2) is 9.38 Å². The Morgan fingerprint density at radius 1 is 1.11 bits per heavy atom. The van der Waals surface area contributed by atoms with Crippen molar-refractivity contribution in [3.05, 3.63) is 58.8 Å². The average molecular weight is 309 g/mol. The lowest BCUT2D eigenvalue weighted by Crippen LogP contribution is -1.83. The van der Waals surface area contributed by atoms with E-state index in [9.17, 15) is 8.78 Å². The van der Waals surface area contributed by atoms with E-state index < -0.39 is 11.6 Å². The Balaban J connectivity index is 2.22. The second-order valence-electron chi connectivity index (χ2n) is 3.87. The van der Waals surface area contributed by atoms with Crippen LogP contribution in [-0.2, 0) is 0 Å². The van der Waals surface area contributed by atoms with Crippen LogP contribution in [0.2, 0.25) is 0 Å². The lowest BCUT2D eigenvalue weighted by molar-refractivity contribution is 0.584. The van der Waals surface area contributed by atoms with Gasteiger partial charge in [-0.3, -0.25) is 0 Å². The van der Waals surface area contributed by atoms with E-state index in [2.05, 4.69) is 20.9 Å². The number of rotatable bonds is 1. The Labute approximate surface area is 110 Å². The maximum Gasteiger partial charge on any atom is 0.151 e. The second kappa shape index (κ2) is 4.17. The van der Waals surface area contributed by atoms with E-state index in [1.165, 1.54) is 12.1 Å². The SMILES string of the molecule is Fc1cc(F)cc(-c2cn3cccc(Br)c3n2)c1. The van der Waals surface area contributed by atoms with Gasteiger partial charge in [0.1, 0.15) is 11.6 Å². The fourth-order valence-electron chi connectivity index (χ4n) is 1.82. The number of hydrogen-bond donors (Lipinski definition) is 0. The molecule has 0 radical (unpaired) electrons. The van der Waals surface area contributed by atoms with Crippen LogP contribution in [0.3, 0.4) is 0 Å². The highest BCUT2D eigenvalue weighted by Crippen LogP contribution is 2.24. The van der Waals surface area contributed by atoms with Crippen LogP contribution in [0.1, 0.15) is 0 Å². The second-order valence-corrected chi connectivity index (χ2v) is 4.73. The smallest absolute Gasteiger partial charge is 0.151 e. The fraction of sp³-hybridized carbons (Fsp3) is 0. The van der Waals surface area contributed by atoms with E-state index in [0.717, 1.165) is 10.5 Å². The summed E-state index contributed by atoms with van der Waals surface area (Å²) in [4.78, 5) is 4.35. The first kappa shape index (κ1) is 11.3. The Kier molecular flexibility index (Phi) is 2.63. The lowest BCUT2D eigenvalue weighted by Gasteiger charge is -1.97. The van der Waals surface area contributed by atoms with Crippen LogP contribution < -0.4 is 0 Å². The highest BCUT2D eigenvalue weighted by atomic mass is 79.9. The third-order valence-corrected chi connectivity index (χ3v) is 3.21. The molecular weight excluding hydrogens is 302 g/mol. The largest absolute Gasteiger partial charge is 0.306 e. The Morgan fingerprint density at radius 2 is 1.83 bits per heavy atom. The Bertz CT molecular complexity index is 717. The molecule has 3 aromatic rings. The standard InChI is InChI=1S/C13H7BrF2N2/c14-11-2-1-3-18-7-12(17-13(11)18)8-4-9(15)6-10(16)5-8/h1-7H. The maximum absolute atomic E-state index is 13.2. The number of imidazole rings is 1. The van der Waals surface area contributed by atoms with Crippen LogP contribution in [0.15, 0.2) is 47.2 Å². The van der Waals surface area contributed by atoms with Gasteiger partial charge in [0.25, 0.3) is 0 Å². The lowest BCUT2D eigenvalue weighted by atomic mass is 10.1. The van der Waals surface area contributed by atoms with Gasteiger partial charge in [-0.1, -0.05) is 0 Å². The van der Waals surface area contributed by atoms with Crippen LogP contribution in [0.25, 0.3) is 16.9 Å². The monoisotopic (exact) mass is 308 g/mol. The third-order valence-electron chi connectivity index (χ3n) is 2.59. The van der Waals surface area contributed by atoms with E-state index in [1.807, 2.05) is 18.3 Å². The summed E-state index contributed by atoms with van der Waals surface area (Å²) in [6.45, 7) is 0. The number of hydrogen-bond acceptors (Lipinski definition) is 1. The van der Waals surface area contributed by atoms with Crippen molar-refractivity contribution in [2.75, 3.05) is 0 Å². The van der Waals surface area contributed by atoms with Crippen molar-refractivity contribution in [3.63, 3.8) is 0 Å². The summed E-state index contributed by atoms with van der Waals surface area (Å²) in [6, 6.07) is 7.08. The molecule has 1 aromatic carbocycles. The molecule has 2 nitrogen and oxygen atoms in total. The zero-order chi connectivity index (χ0) is 12.7. The zero-order valence-corrected chi connectivity index (χ0v) is 10.7. The molecular formula is C13H7BrF2N2. The van der Waals surface area contributed by atoms with E-state index in [4.69, 9.17) is 0 Å². The molecule has 18 heavy (non-hydrogen) atoms. The molecule has 0 amide bonds. The van der Waals surface area contributed by atoms with Gasteiger partial charge in [0.2, 0.25) is 0 Å². The molecule has 0 spiro atoms. The molecule has 0 N–H and O–H groups in total. The van der Waals surface area contributed by atoms with E-state index in [-0.39, 0.29) is 0 Å². The van der Waals surface area contributed by atoms with Gasteiger partial charge in [-0.2, -0.15) is 0 Å². The van der Waals surface area contributed by atoms with E-state index in [1.54, 1.807) is 10.6 Å². The minimum atomic E-state index is -0.610. The highest BCUT2D eigenvalue weighted by Gasteiger charge is 2.09. The van der Waals surface area contributed by atoms with Crippen LogP contribution in [0.4, 0.5) is 8.78 Å². The molecule has 5 heteroatoms. The van der Waals surface area contributed by atoms with Gasteiger partial charge < -0.3 is 4.40 Å². The Hall–Kier alpha value is -1.75. The number of pyridine rings is 1. The molecule has 0 atom stereocenters. The fourth-order valence-corrected chi connectivity index (χ4v) is 2.27. The first-order valence-electron chi connectivity index (χ1n) is 5.23. The zero-order valence-electron chi connectivity index (χ0n) is 9.07. The highest BCUT2D eigenvalue weighted by molar-refractivity contribution is 9.10. The van der Waals surface area contributed by atoms with Crippen LogP contribution in [0.5, 0.6) is 0 Å².